The van der Waals surface area contributed by atoms with E-state index in [-0.39, 0.29) is 0 Å². The van der Waals surface area contributed by atoms with E-state index < -0.39 is 0 Å². The molecule has 0 aliphatic heterocycles. The Morgan fingerprint density at radius 1 is 1.47 bits per heavy atom. The van der Waals surface area contributed by atoms with Gasteiger partial charge < -0.3 is 0 Å². The second-order valence-electron chi connectivity index (χ2n) is 2.81. The number of pyridine rings is 1. The number of nitrogens with zero attached hydrogens (tertiary/aromatic N) is 4. The van der Waals surface area contributed by atoms with Crippen molar-refractivity contribution < 1.29 is 4.79 Å². The first-order valence-electron chi connectivity index (χ1n) is 4.44. The Hall–Kier alpha value is -2.13. The summed E-state index contributed by atoms with van der Waals surface area (Å²) in [5, 5.41) is 3.39. The summed E-state index contributed by atoms with van der Waals surface area (Å²) in [6.07, 6.45) is 8.31. The molecule has 1 rings (SSSR count). The van der Waals surface area contributed by atoms with Gasteiger partial charge in [-0.1, -0.05) is 17.3 Å². The molecule has 1 aromatic rings. The summed E-state index contributed by atoms with van der Waals surface area (Å²) < 4.78 is 0. The smallest absolute Gasteiger partial charge is 0.151 e. The molecule has 0 aromatic carbocycles. The number of rotatable bonds is 5. The zero-order valence-corrected chi connectivity index (χ0v) is 8.08. The minimum absolute atomic E-state index is 0.438. The highest BCUT2D eigenvalue weighted by Gasteiger charge is 1.91. The number of carbonyl (C=O) groups is 1. The van der Waals surface area contributed by atoms with Crippen molar-refractivity contribution in [2.45, 2.75) is 6.42 Å². The average Bonchev–Trinajstić information content (AvgIpc) is 2.29. The number of aldehydes is 1. The van der Waals surface area contributed by atoms with Gasteiger partial charge in [-0.25, -0.2) is 0 Å². The van der Waals surface area contributed by atoms with E-state index in [1.54, 1.807) is 12.3 Å². The zero-order valence-electron chi connectivity index (χ0n) is 8.08. The van der Waals surface area contributed by atoms with Crippen LogP contribution in [0.15, 0.2) is 29.7 Å². The van der Waals surface area contributed by atoms with Gasteiger partial charge in [0, 0.05) is 29.4 Å². The van der Waals surface area contributed by atoms with E-state index in [0.29, 0.717) is 18.5 Å². The van der Waals surface area contributed by atoms with E-state index >= 15 is 0 Å². The average molecular weight is 202 g/mol. The third-order valence-corrected chi connectivity index (χ3v) is 1.69. The Labute approximate surface area is 87.1 Å². The lowest BCUT2D eigenvalue weighted by atomic mass is 10.2. The van der Waals surface area contributed by atoms with Gasteiger partial charge in [0.15, 0.2) is 6.29 Å². The number of carbonyl (C=O) groups excluding carboxylic acids is 1. The molecule has 0 unspecified atom stereocenters. The number of hydrogen-bond acceptors (Lipinski definition) is 3. The van der Waals surface area contributed by atoms with E-state index in [0.717, 1.165) is 11.8 Å². The Kier molecular flexibility index (Phi) is 4.63. The predicted octanol–water partition coefficient (Wildman–Crippen LogP) is 2.61. The largest absolute Gasteiger partial charge is 0.298 e. The lowest BCUT2D eigenvalue weighted by Crippen LogP contribution is -1.83. The van der Waals surface area contributed by atoms with Crippen molar-refractivity contribution in [1.82, 2.24) is 4.98 Å². The molecular formula is C10H10N4O. The van der Waals surface area contributed by atoms with Crippen molar-refractivity contribution in [1.29, 1.82) is 0 Å². The van der Waals surface area contributed by atoms with E-state index in [9.17, 15) is 4.79 Å². The van der Waals surface area contributed by atoms with Crippen molar-refractivity contribution in [2.75, 3.05) is 6.54 Å². The molecular weight excluding hydrogens is 192 g/mol. The molecule has 0 saturated heterocycles. The lowest BCUT2D eigenvalue weighted by molar-refractivity contribution is 0.112. The first-order chi connectivity index (χ1) is 7.36. The van der Waals surface area contributed by atoms with Crippen LogP contribution in [-0.4, -0.2) is 17.8 Å². The Bertz CT molecular complexity index is 408. The highest BCUT2D eigenvalue weighted by Crippen LogP contribution is 2.03. The first-order valence-corrected chi connectivity index (χ1v) is 4.44. The Morgan fingerprint density at radius 2 is 2.27 bits per heavy atom. The minimum Gasteiger partial charge on any atom is -0.298 e. The maximum atomic E-state index is 10.5. The van der Waals surface area contributed by atoms with Crippen molar-refractivity contribution in [3.63, 3.8) is 0 Å². The van der Waals surface area contributed by atoms with E-state index in [4.69, 9.17) is 5.53 Å². The van der Waals surface area contributed by atoms with Gasteiger partial charge in [0.05, 0.1) is 0 Å². The monoisotopic (exact) mass is 202 g/mol. The predicted molar refractivity (Wildman–Crippen MR) is 57.3 cm³/mol. The molecule has 0 aliphatic rings. The summed E-state index contributed by atoms with van der Waals surface area (Å²) in [6.45, 7) is 0.438. The van der Waals surface area contributed by atoms with Gasteiger partial charge >= 0.3 is 0 Å². The van der Waals surface area contributed by atoms with Gasteiger partial charge in [0.25, 0.3) is 0 Å². The highest BCUT2D eigenvalue weighted by atomic mass is 16.1. The molecule has 0 atom stereocenters. The molecule has 0 N–H and O–H groups in total. The summed E-state index contributed by atoms with van der Waals surface area (Å²) in [4.78, 5) is 17.0. The molecule has 0 fully saturated rings. The summed E-state index contributed by atoms with van der Waals surface area (Å²) in [7, 11) is 0. The summed E-state index contributed by atoms with van der Waals surface area (Å²) >= 11 is 0. The maximum Gasteiger partial charge on any atom is 0.151 e. The van der Waals surface area contributed by atoms with Crippen LogP contribution in [-0.2, 0) is 0 Å². The van der Waals surface area contributed by atoms with Crippen LogP contribution in [0.25, 0.3) is 16.5 Å². The fourth-order valence-electron chi connectivity index (χ4n) is 1.03. The SMILES string of the molecule is [N-]=[N+]=NCCC=Cc1cncc(C=O)c1. The van der Waals surface area contributed by atoms with Gasteiger partial charge in [0.2, 0.25) is 0 Å². The third kappa shape index (κ3) is 4.06. The second-order valence-corrected chi connectivity index (χ2v) is 2.81. The molecule has 0 radical (unpaired) electrons. The van der Waals surface area contributed by atoms with Crippen LogP contribution in [0.1, 0.15) is 22.3 Å². The molecule has 5 nitrogen and oxygen atoms in total. The molecule has 0 spiro atoms. The Balaban J connectivity index is 2.55. The van der Waals surface area contributed by atoms with Crippen LogP contribution in [0.5, 0.6) is 0 Å². The molecule has 0 saturated carbocycles. The molecule has 15 heavy (non-hydrogen) atoms. The Morgan fingerprint density at radius 3 is 3.00 bits per heavy atom. The van der Waals surface area contributed by atoms with Gasteiger partial charge in [0.1, 0.15) is 0 Å². The fourth-order valence-corrected chi connectivity index (χ4v) is 1.03. The molecule has 0 amide bonds. The zero-order chi connectivity index (χ0) is 10.9. The van der Waals surface area contributed by atoms with Crippen LogP contribution >= 0.6 is 0 Å². The van der Waals surface area contributed by atoms with Crippen molar-refractivity contribution in [3.8, 4) is 0 Å². The summed E-state index contributed by atoms with van der Waals surface area (Å²) in [6, 6.07) is 1.74. The van der Waals surface area contributed by atoms with Crippen LogP contribution in [0.3, 0.4) is 0 Å². The topological polar surface area (TPSA) is 78.7 Å². The van der Waals surface area contributed by atoms with E-state index in [1.165, 1.54) is 6.20 Å². The molecule has 0 bridgehead atoms. The fraction of sp³-hybridized carbons (Fsp3) is 0.200. The molecule has 0 aliphatic carbocycles. The van der Waals surface area contributed by atoms with E-state index in [2.05, 4.69) is 15.0 Å². The third-order valence-electron chi connectivity index (χ3n) is 1.69. The van der Waals surface area contributed by atoms with Crippen LogP contribution in [0.2, 0.25) is 0 Å². The van der Waals surface area contributed by atoms with Gasteiger partial charge in [-0.2, -0.15) is 0 Å². The number of aromatic nitrogens is 1. The number of hydrogen-bond donors (Lipinski definition) is 0. The van der Waals surface area contributed by atoms with Crippen LogP contribution in [0.4, 0.5) is 0 Å². The molecule has 5 heteroatoms. The standard InChI is InChI=1S/C10H10N4O/c11-14-13-4-2-1-3-9-5-10(8-15)7-12-6-9/h1,3,5-8H,2,4H2. The van der Waals surface area contributed by atoms with Crippen molar-refractivity contribution in [2.24, 2.45) is 5.11 Å². The molecule has 1 aromatic heterocycles. The van der Waals surface area contributed by atoms with Gasteiger partial charge in [-0.3, -0.25) is 9.78 Å². The van der Waals surface area contributed by atoms with Gasteiger partial charge in [-0.15, -0.1) is 0 Å². The van der Waals surface area contributed by atoms with E-state index in [1.807, 2.05) is 12.2 Å². The highest BCUT2D eigenvalue weighted by molar-refractivity contribution is 5.75. The first kappa shape index (κ1) is 10.9. The number of azide groups is 1. The molecule has 1 heterocycles. The second kappa shape index (κ2) is 6.34. The molecule has 76 valence electrons. The van der Waals surface area contributed by atoms with Crippen molar-refractivity contribution in [3.05, 3.63) is 46.1 Å². The lowest BCUT2D eigenvalue weighted by Gasteiger charge is -1.93. The maximum absolute atomic E-state index is 10.5. The summed E-state index contributed by atoms with van der Waals surface area (Å²) in [5.41, 5.74) is 9.45. The van der Waals surface area contributed by atoms with Gasteiger partial charge in [-0.05, 0) is 23.6 Å². The normalized spacial score (nSPS) is 9.87. The minimum atomic E-state index is 0.438. The van der Waals surface area contributed by atoms with Crippen LogP contribution in [0, 0.1) is 0 Å². The summed E-state index contributed by atoms with van der Waals surface area (Å²) in [5.74, 6) is 0. The quantitative estimate of drug-likeness (QED) is 0.242. The van der Waals surface area contributed by atoms with Crippen molar-refractivity contribution >= 4 is 12.4 Å². The van der Waals surface area contributed by atoms with Crippen LogP contribution < -0.4 is 0 Å².